The maximum absolute atomic E-state index is 13.6. The molecule has 0 saturated carbocycles. The molecule has 0 bridgehead atoms. The second-order valence-corrected chi connectivity index (χ2v) is 6.67. The first-order valence-corrected chi connectivity index (χ1v) is 9.01. The van der Waals surface area contributed by atoms with Gasteiger partial charge in [-0.15, -0.1) is 0 Å². The molecule has 0 spiro atoms. The molecule has 0 atom stereocenters. The summed E-state index contributed by atoms with van der Waals surface area (Å²) in [6.07, 6.45) is 1.84. The van der Waals surface area contributed by atoms with E-state index in [1.165, 1.54) is 6.07 Å². The van der Waals surface area contributed by atoms with E-state index in [0.29, 0.717) is 12.4 Å². The molecule has 0 aliphatic carbocycles. The van der Waals surface area contributed by atoms with Crippen molar-refractivity contribution in [1.82, 2.24) is 14.5 Å². The third kappa shape index (κ3) is 3.37. The molecule has 3 aromatic rings. The minimum Gasteiger partial charge on any atom is -0.489 e. The number of ether oxygens (including phenoxy) is 1. The van der Waals surface area contributed by atoms with E-state index in [0.717, 1.165) is 43.5 Å². The first-order valence-electron chi connectivity index (χ1n) is 9.01. The number of likely N-dealkylation sites (tertiary alicyclic amines) is 1. The highest BCUT2D eigenvalue weighted by Gasteiger charge is 2.23. The predicted octanol–water partition coefficient (Wildman–Crippen LogP) is 3.18. The van der Waals surface area contributed by atoms with Crippen molar-refractivity contribution in [1.29, 1.82) is 0 Å². The minimum atomic E-state index is -0.329. The van der Waals surface area contributed by atoms with Crippen molar-refractivity contribution in [3.8, 4) is 5.75 Å². The normalized spacial score (nSPS) is 16.2. The number of hydrogen-bond acceptors (Lipinski definition) is 3. The third-order valence-corrected chi connectivity index (χ3v) is 5.05. The molecule has 136 valence electrons. The highest BCUT2D eigenvalue weighted by atomic mass is 19.1. The monoisotopic (exact) mass is 355 g/mol. The summed E-state index contributed by atoms with van der Waals surface area (Å²) in [4.78, 5) is 17.6. The van der Waals surface area contributed by atoms with Gasteiger partial charge in [0, 0.05) is 25.7 Å². The fraction of sp³-hybridized carbons (Fsp3) is 0.350. The van der Waals surface area contributed by atoms with Gasteiger partial charge in [-0.3, -0.25) is 9.47 Å². The van der Waals surface area contributed by atoms with Crippen LogP contribution in [-0.2, 0) is 0 Å². The number of H-pyrrole nitrogens is 1. The average molecular weight is 355 g/mol. The molecule has 4 rings (SSSR count). The summed E-state index contributed by atoms with van der Waals surface area (Å²) in [6.45, 7) is 3.01. The molecule has 0 unspecified atom stereocenters. The van der Waals surface area contributed by atoms with Crippen LogP contribution in [0.3, 0.4) is 0 Å². The number of nitrogens with zero attached hydrogens (tertiary/aromatic N) is 2. The van der Waals surface area contributed by atoms with Gasteiger partial charge in [-0.2, -0.15) is 0 Å². The summed E-state index contributed by atoms with van der Waals surface area (Å²) >= 11 is 0. The van der Waals surface area contributed by atoms with Gasteiger partial charge in [-0.1, -0.05) is 24.3 Å². The molecule has 1 aliphatic rings. The maximum atomic E-state index is 13.6. The van der Waals surface area contributed by atoms with Gasteiger partial charge in [-0.05, 0) is 37.1 Å². The largest absolute Gasteiger partial charge is 0.489 e. The van der Waals surface area contributed by atoms with Crippen LogP contribution in [0.25, 0.3) is 11.0 Å². The Hall–Kier alpha value is -2.60. The molecule has 0 amide bonds. The number of imidazole rings is 1. The second kappa shape index (κ2) is 7.33. The Morgan fingerprint density at radius 2 is 1.81 bits per heavy atom. The molecule has 0 radical (unpaired) electrons. The van der Waals surface area contributed by atoms with Crippen LogP contribution in [0.1, 0.15) is 18.9 Å². The van der Waals surface area contributed by atoms with Gasteiger partial charge in [0.05, 0.1) is 11.0 Å². The number of rotatable bonds is 5. The number of fused-ring (bicyclic) bond motifs is 1. The lowest BCUT2D eigenvalue weighted by molar-refractivity contribution is 0.155. The number of hydrogen-bond donors (Lipinski definition) is 1. The Morgan fingerprint density at radius 3 is 2.62 bits per heavy atom. The van der Waals surface area contributed by atoms with Crippen molar-refractivity contribution in [3.63, 3.8) is 0 Å². The van der Waals surface area contributed by atoms with Crippen LogP contribution in [0.2, 0.25) is 0 Å². The molecule has 2 heterocycles. The topological polar surface area (TPSA) is 50.3 Å². The van der Waals surface area contributed by atoms with Crippen LogP contribution in [0.5, 0.6) is 5.75 Å². The molecule has 1 fully saturated rings. The fourth-order valence-electron chi connectivity index (χ4n) is 3.68. The summed E-state index contributed by atoms with van der Waals surface area (Å²) in [7, 11) is 0. The van der Waals surface area contributed by atoms with E-state index < -0.39 is 0 Å². The minimum absolute atomic E-state index is 0.0347. The quantitative estimate of drug-likeness (QED) is 0.765. The smallest absolute Gasteiger partial charge is 0.326 e. The Morgan fingerprint density at radius 1 is 1.08 bits per heavy atom. The lowest BCUT2D eigenvalue weighted by Gasteiger charge is -2.32. The summed E-state index contributed by atoms with van der Waals surface area (Å²) in [6, 6.07) is 14.5. The summed E-state index contributed by atoms with van der Waals surface area (Å²) < 4.78 is 21.0. The summed E-state index contributed by atoms with van der Waals surface area (Å²) in [5, 5.41) is 0. The first-order chi connectivity index (χ1) is 12.7. The zero-order valence-corrected chi connectivity index (χ0v) is 14.5. The number of para-hydroxylation sites is 3. The second-order valence-electron chi connectivity index (χ2n) is 6.67. The molecule has 2 aromatic carbocycles. The predicted molar refractivity (Wildman–Crippen MR) is 99.2 cm³/mol. The van der Waals surface area contributed by atoms with E-state index in [2.05, 4.69) is 9.88 Å². The lowest BCUT2D eigenvalue weighted by Crippen LogP contribution is -2.38. The van der Waals surface area contributed by atoms with Gasteiger partial charge >= 0.3 is 5.69 Å². The molecule has 1 saturated heterocycles. The summed E-state index contributed by atoms with van der Waals surface area (Å²) in [5.41, 5.74) is 1.82. The van der Waals surface area contributed by atoms with Crippen LogP contribution >= 0.6 is 0 Å². The standard InChI is InChI=1S/C20H22FN3O2/c21-16-5-1-4-8-19(16)26-14-13-23-11-9-15(10-12-23)24-18-7-3-2-6-17(18)22-20(24)25/h1-8,15H,9-14H2,(H,22,25). The Kier molecular flexibility index (Phi) is 4.75. The van der Waals surface area contributed by atoms with Crippen LogP contribution < -0.4 is 10.4 Å². The number of benzene rings is 2. The van der Waals surface area contributed by atoms with Crippen molar-refractivity contribution in [3.05, 3.63) is 64.8 Å². The van der Waals surface area contributed by atoms with Crippen LogP contribution in [0.4, 0.5) is 4.39 Å². The van der Waals surface area contributed by atoms with E-state index in [-0.39, 0.29) is 17.5 Å². The van der Waals surface area contributed by atoms with Crippen molar-refractivity contribution in [2.24, 2.45) is 0 Å². The number of halogens is 1. The third-order valence-electron chi connectivity index (χ3n) is 5.05. The number of nitrogens with one attached hydrogen (secondary N) is 1. The van der Waals surface area contributed by atoms with Gasteiger partial charge in [-0.25, -0.2) is 9.18 Å². The molecule has 1 N–H and O–H groups in total. The Bertz CT molecular complexity index is 941. The number of aromatic amines is 1. The van der Waals surface area contributed by atoms with Gasteiger partial charge in [0.25, 0.3) is 0 Å². The molecule has 26 heavy (non-hydrogen) atoms. The van der Waals surface area contributed by atoms with Crippen LogP contribution in [0, 0.1) is 5.82 Å². The Labute approximate surface area is 151 Å². The molecule has 1 aliphatic heterocycles. The van der Waals surface area contributed by atoms with Gasteiger partial charge in [0.1, 0.15) is 6.61 Å². The fourth-order valence-corrected chi connectivity index (χ4v) is 3.68. The highest BCUT2D eigenvalue weighted by Crippen LogP contribution is 2.24. The Balaban J connectivity index is 1.33. The van der Waals surface area contributed by atoms with E-state index in [4.69, 9.17) is 4.74 Å². The molecular weight excluding hydrogens is 333 g/mol. The SMILES string of the molecule is O=c1[nH]c2ccccc2n1C1CCN(CCOc2ccccc2F)CC1. The zero-order valence-electron chi connectivity index (χ0n) is 14.5. The van der Waals surface area contributed by atoms with Crippen molar-refractivity contribution in [2.75, 3.05) is 26.2 Å². The number of aromatic nitrogens is 2. The maximum Gasteiger partial charge on any atom is 0.326 e. The van der Waals surface area contributed by atoms with Crippen molar-refractivity contribution < 1.29 is 9.13 Å². The van der Waals surface area contributed by atoms with Gasteiger partial charge in [0.15, 0.2) is 11.6 Å². The van der Waals surface area contributed by atoms with E-state index >= 15 is 0 Å². The van der Waals surface area contributed by atoms with Crippen LogP contribution in [-0.4, -0.2) is 40.7 Å². The van der Waals surface area contributed by atoms with Gasteiger partial charge in [0.2, 0.25) is 0 Å². The molecular formula is C20H22FN3O2. The lowest BCUT2D eigenvalue weighted by atomic mass is 10.0. The van der Waals surface area contributed by atoms with Crippen molar-refractivity contribution >= 4 is 11.0 Å². The summed E-state index contributed by atoms with van der Waals surface area (Å²) in [5.74, 6) is -0.0300. The van der Waals surface area contributed by atoms with E-state index in [9.17, 15) is 9.18 Å². The molecule has 5 nitrogen and oxygen atoms in total. The van der Waals surface area contributed by atoms with E-state index in [1.54, 1.807) is 18.2 Å². The molecule has 6 heteroatoms. The average Bonchev–Trinajstić information content (AvgIpc) is 3.00. The molecule has 1 aromatic heterocycles. The van der Waals surface area contributed by atoms with Crippen molar-refractivity contribution in [2.45, 2.75) is 18.9 Å². The van der Waals surface area contributed by atoms with E-state index in [1.807, 2.05) is 28.8 Å². The van der Waals surface area contributed by atoms with Gasteiger partial charge < -0.3 is 9.72 Å². The first kappa shape index (κ1) is 16.8. The highest BCUT2D eigenvalue weighted by molar-refractivity contribution is 5.75. The number of piperidine rings is 1. The zero-order chi connectivity index (χ0) is 17.9. The van der Waals surface area contributed by atoms with Crippen LogP contribution in [0.15, 0.2) is 53.3 Å².